The van der Waals surface area contributed by atoms with Crippen LogP contribution in [0.4, 0.5) is 34.1 Å². The van der Waals surface area contributed by atoms with Crippen LogP contribution in [0.15, 0.2) is 218 Å². The fourth-order valence-corrected chi connectivity index (χ4v) is 13.0. The summed E-state index contributed by atoms with van der Waals surface area (Å²) in [5, 5.41) is 9.92. The predicted molar refractivity (Wildman–Crippen MR) is 324 cm³/mol. The normalized spacial score (nSPS) is 12.1. The fourth-order valence-electron chi connectivity index (χ4n) is 13.0. The van der Waals surface area contributed by atoms with Crippen molar-refractivity contribution in [1.29, 1.82) is 0 Å². The summed E-state index contributed by atoms with van der Waals surface area (Å²) < 4.78 is 5.28. The minimum absolute atomic E-state index is 1.13. The molecule has 0 unspecified atom stereocenters. The number of nitrogens with zero attached hydrogens (tertiary/aromatic N) is 4. The highest BCUT2D eigenvalue weighted by atomic mass is 15.2. The monoisotopic (exact) mass is 974 g/mol. The first-order valence-electron chi connectivity index (χ1n) is 26.6. The molecule has 0 saturated carbocycles. The van der Waals surface area contributed by atoms with E-state index in [1.165, 1.54) is 143 Å². The van der Waals surface area contributed by atoms with Gasteiger partial charge in [0.25, 0.3) is 0 Å². The van der Waals surface area contributed by atoms with Gasteiger partial charge in [-0.05, 0) is 136 Å². The number of aryl methyl sites for hydroxylation is 6. The molecule has 0 aliphatic heterocycles. The molecule has 0 atom stereocenters. The van der Waals surface area contributed by atoms with Crippen LogP contribution < -0.4 is 9.80 Å². The van der Waals surface area contributed by atoms with Gasteiger partial charge < -0.3 is 18.6 Å². The summed E-state index contributed by atoms with van der Waals surface area (Å²) in [5.74, 6) is 0. The van der Waals surface area contributed by atoms with E-state index in [4.69, 9.17) is 0 Å². The Kier molecular flexibility index (Phi) is 9.62. The number of anilines is 6. The van der Waals surface area contributed by atoms with Crippen LogP contribution in [0.5, 0.6) is 0 Å². The largest absolute Gasteiger partial charge is 0.310 e. The van der Waals surface area contributed by atoms with Crippen LogP contribution in [0.25, 0.3) is 98.4 Å². The van der Waals surface area contributed by atoms with E-state index in [1.54, 1.807) is 0 Å². The molecule has 0 radical (unpaired) electrons. The zero-order valence-corrected chi connectivity index (χ0v) is 43.6. The molecular weight excluding hydrogens is 921 g/mol. The van der Waals surface area contributed by atoms with Gasteiger partial charge in [-0.25, -0.2) is 0 Å². The van der Waals surface area contributed by atoms with Gasteiger partial charge in [0.05, 0.1) is 44.5 Å². The molecule has 11 aromatic carbocycles. The number of aromatic nitrogens is 2. The van der Waals surface area contributed by atoms with E-state index in [0.29, 0.717) is 0 Å². The smallest absolute Gasteiger partial charge is 0.0642 e. The average Bonchev–Trinajstić information content (AvgIpc) is 4.38. The third kappa shape index (κ3) is 6.25. The molecule has 0 bridgehead atoms. The lowest BCUT2D eigenvalue weighted by Gasteiger charge is -2.28. The Morgan fingerprint density at radius 1 is 0.276 bits per heavy atom. The maximum absolute atomic E-state index is 2.64. The van der Waals surface area contributed by atoms with Crippen molar-refractivity contribution in [1.82, 2.24) is 8.80 Å². The van der Waals surface area contributed by atoms with Crippen LogP contribution in [-0.4, -0.2) is 8.80 Å². The van der Waals surface area contributed by atoms with E-state index in [1.807, 2.05) is 0 Å². The van der Waals surface area contributed by atoms with Crippen molar-refractivity contribution in [2.75, 3.05) is 9.80 Å². The summed E-state index contributed by atoms with van der Waals surface area (Å²) >= 11 is 0. The summed E-state index contributed by atoms with van der Waals surface area (Å²) in [7, 11) is 0. The van der Waals surface area contributed by atoms with Gasteiger partial charge in [-0.2, -0.15) is 0 Å². The van der Waals surface area contributed by atoms with Gasteiger partial charge in [-0.15, -0.1) is 0 Å². The molecule has 0 aliphatic carbocycles. The number of benzene rings is 11. The summed E-state index contributed by atoms with van der Waals surface area (Å²) in [4.78, 5) is 5.01. The van der Waals surface area contributed by atoms with Gasteiger partial charge in [-0.1, -0.05) is 169 Å². The minimum atomic E-state index is 1.13. The minimum Gasteiger partial charge on any atom is -0.310 e. The van der Waals surface area contributed by atoms with E-state index in [-0.39, 0.29) is 0 Å². The molecule has 0 spiro atoms. The second kappa shape index (κ2) is 16.6. The van der Waals surface area contributed by atoms with Gasteiger partial charge in [0.2, 0.25) is 0 Å². The molecule has 4 aromatic heterocycles. The van der Waals surface area contributed by atoms with Crippen LogP contribution in [0.2, 0.25) is 0 Å². The Morgan fingerprint density at radius 3 is 1.05 bits per heavy atom. The third-order valence-corrected chi connectivity index (χ3v) is 16.4. The van der Waals surface area contributed by atoms with Crippen LogP contribution in [-0.2, 0) is 0 Å². The number of hydrogen-bond donors (Lipinski definition) is 0. The second-order valence-electron chi connectivity index (χ2n) is 21.3. The lowest BCUT2D eigenvalue weighted by atomic mass is 9.89. The first-order chi connectivity index (χ1) is 37.2. The highest BCUT2D eigenvalue weighted by Gasteiger charge is 2.33. The first kappa shape index (κ1) is 44.1. The number of para-hydroxylation sites is 2. The van der Waals surface area contributed by atoms with Gasteiger partial charge in [0.15, 0.2) is 0 Å². The lowest BCUT2D eigenvalue weighted by Crippen LogP contribution is -2.12. The highest BCUT2D eigenvalue weighted by Crippen LogP contribution is 2.57. The van der Waals surface area contributed by atoms with E-state index >= 15 is 0 Å². The molecule has 15 rings (SSSR count). The van der Waals surface area contributed by atoms with E-state index in [9.17, 15) is 0 Å². The molecule has 0 fully saturated rings. The summed E-state index contributed by atoms with van der Waals surface area (Å²) in [6, 6.07) is 82.1. The summed E-state index contributed by atoms with van der Waals surface area (Å²) in [6.45, 7) is 13.2. The topological polar surface area (TPSA) is 15.3 Å². The predicted octanol–water partition coefficient (Wildman–Crippen LogP) is 20.1. The quantitative estimate of drug-likeness (QED) is 0.151. The molecule has 76 heavy (non-hydrogen) atoms. The molecule has 0 N–H and O–H groups in total. The van der Waals surface area contributed by atoms with E-state index < -0.39 is 0 Å². The number of rotatable bonds is 8. The van der Waals surface area contributed by atoms with Gasteiger partial charge in [-0.3, -0.25) is 0 Å². The Morgan fingerprint density at radius 2 is 0.645 bits per heavy atom. The zero-order valence-electron chi connectivity index (χ0n) is 43.6. The molecule has 0 amide bonds. The Balaban J connectivity index is 1.17. The summed E-state index contributed by atoms with van der Waals surface area (Å²) in [6.07, 6.45) is 0. The van der Waals surface area contributed by atoms with Gasteiger partial charge in [0, 0.05) is 77.0 Å². The standard InChI is InChI=1S/C72H54N4/c1-43-27-33-51(34-28-43)73(61-41-45(3)25-31-47(61)5)59-39-37-55-67-63(49-17-9-7-10-18-49)72-68(64(50-19-11-8-12-20-50)71(67)75-57-23-15-13-21-53(57)65(59)69(55)75)56-38-40-60(66-54-22-14-16-24-58(54)76(72)70(56)66)74(52-35-29-44(2)30-36-52)62-42-46(4)26-32-48(62)6/h7-42H,1-6H3. The van der Waals surface area contributed by atoms with Crippen molar-refractivity contribution < 1.29 is 0 Å². The lowest BCUT2D eigenvalue weighted by molar-refractivity contribution is 1.24. The Hall–Kier alpha value is -9.38. The number of hydrogen-bond acceptors (Lipinski definition) is 2. The Bertz CT molecular complexity index is 4480. The van der Waals surface area contributed by atoms with Crippen molar-refractivity contribution in [3.8, 4) is 22.3 Å². The van der Waals surface area contributed by atoms with Crippen molar-refractivity contribution in [2.24, 2.45) is 0 Å². The van der Waals surface area contributed by atoms with E-state index in [0.717, 1.165) is 22.7 Å². The summed E-state index contributed by atoms with van der Waals surface area (Å²) in [5.41, 5.74) is 26.5. The molecule has 4 heterocycles. The average molecular weight is 975 g/mol. The third-order valence-electron chi connectivity index (χ3n) is 16.4. The molecule has 0 saturated heterocycles. The van der Waals surface area contributed by atoms with Crippen LogP contribution in [0, 0.1) is 41.5 Å². The van der Waals surface area contributed by atoms with Gasteiger partial charge in [0.1, 0.15) is 0 Å². The van der Waals surface area contributed by atoms with Crippen LogP contribution in [0.1, 0.15) is 33.4 Å². The number of fused-ring (bicyclic) bond motifs is 12. The highest BCUT2D eigenvalue weighted by molar-refractivity contribution is 6.39. The molecule has 4 heteroatoms. The maximum Gasteiger partial charge on any atom is 0.0642 e. The Labute approximate surface area is 442 Å². The molecule has 0 aliphatic rings. The molecule has 4 nitrogen and oxygen atoms in total. The van der Waals surface area contributed by atoms with Crippen LogP contribution >= 0.6 is 0 Å². The second-order valence-corrected chi connectivity index (χ2v) is 21.3. The van der Waals surface area contributed by atoms with Crippen LogP contribution in [0.3, 0.4) is 0 Å². The zero-order chi connectivity index (χ0) is 51.1. The maximum atomic E-state index is 2.64. The van der Waals surface area contributed by atoms with Crippen molar-refractivity contribution in [3.05, 3.63) is 252 Å². The molecular formula is C72H54N4. The van der Waals surface area contributed by atoms with Crippen molar-refractivity contribution in [3.63, 3.8) is 0 Å². The molecule has 362 valence electrons. The van der Waals surface area contributed by atoms with Crippen molar-refractivity contribution >= 4 is 110 Å². The fraction of sp³-hybridized carbons (Fsp3) is 0.0833. The first-order valence-corrected chi connectivity index (χ1v) is 26.6. The van der Waals surface area contributed by atoms with Crippen molar-refractivity contribution in [2.45, 2.75) is 41.5 Å². The SMILES string of the molecule is Cc1ccc(N(c2cc(C)ccc2C)c2ccc3c4c(-c5ccccc5)c5c(c(-c6ccccc6)c4n4c6ccccc6c2c34)c2ccc(N(c3ccc(C)cc3)c3cc(C)ccc3C)c3c4ccccc4n5c23)cc1. The van der Waals surface area contributed by atoms with Gasteiger partial charge >= 0.3 is 0 Å². The molecule has 15 aromatic rings. The van der Waals surface area contributed by atoms with E-state index in [2.05, 4.69) is 279 Å².